The lowest BCUT2D eigenvalue weighted by Crippen LogP contribution is -2.17. The zero-order valence-corrected chi connectivity index (χ0v) is 15.3. The van der Waals surface area contributed by atoms with E-state index in [1.54, 1.807) is 13.0 Å². The molecule has 0 atom stereocenters. The van der Waals surface area contributed by atoms with E-state index in [4.69, 9.17) is 17.3 Å². The number of nitrogen functional groups attached to an aromatic ring is 1. The number of nitrogens with two attached hydrogens (primary N) is 1. The largest absolute Gasteiger partial charge is 0.398 e. The van der Waals surface area contributed by atoms with Crippen molar-refractivity contribution in [3.05, 3.63) is 38.0 Å². The van der Waals surface area contributed by atoms with Crippen LogP contribution in [0.1, 0.15) is 5.69 Å². The van der Waals surface area contributed by atoms with Gasteiger partial charge in [0.05, 0.1) is 5.69 Å². The van der Waals surface area contributed by atoms with Crippen LogP contribution in [0.15, 0.2) is 32.0 Å². The number of anilines is 2. The quantitative estimate of drug-likeness (QED) is 0.545. The molecule has 1 aromatic heterocycles. The Morgan fingerprint density at radius 1 is 1.24 bits per heavy atom. The Morgan fingerprint density at radius 3 is 2.48 bits per heavy atom. The van der Waals surface area contributed by atoms with Crippen LogP contribution in [0, 0.1) is 6.92 Å². The average molecular weight is 457 g/mol. The van der Waals surface area contributed by atoms with E-state index in [0.717, 1.165) is 0 Å². The maximum Gasteiger partial charge on any atom is 0.267 e. The second kappa shape index (κ2) is 6.07. The molecule has 0 fully saturated rings. The number of rotatable bonds is 3. The smallest absolute Gasteiger partial charge is 0.267 e. The molecule has 1 aromatic carbocycles. The Bertz CT molecular complexity index is 771. The molecule has 3 N–H and O–H groups in total. The minimum atomic E-state index is -3.95. The van der Waals surface area contributed by atoms with Gasteiger partial charge in [-0.05, 0) is 41.1 Å². The van der Waals surface area contributed by atoms with E-state index in [-0.39, 0.29) is 21.7 Å². The van der Waals surface area contributed by atoms with Gasteiger partial charge in [-0.2, -0.15) is 0 Å². The summed E-state index contributed by atoms with van der Waals surface area (Å²) in [6, 6.07) is 4.58. The highest BCUT2D eigenvalue weighted by Gasteiger charge is 2.23. The Hall–Kier alpha value is -0.900. The van der Waals surface area contributed by atoms with Crippen molar-refractivity contribution >= 4 is 65.1 Å². The first-order valence-electron chi connectivity index (χ1n) is 5.47. The number of benzene rings is 1. The van der Waals surface area contributed by atoms with Gasteiger partial charge in [0.15, 0.2) is 0 Å². The molecule has 0 aliphatic heterocycles. The predicted octanol–water partition coefficient (Wildman–Crippen LogP) is 3.35. The van der Waals surface area contributed by atoms with E-state index in [1.807, 2.05) is 0 Å². The van der Waals surface area contributed by atoms with E-state index < -0.39 is 10.0 Å². The molecule has 1 heterocycles. The number of aryl methyl sites for hydroxylation is 1. The molecule has 0 radical (unpaired) electrons. The summed E-state index contributed by atoms with van der Waals surface area (Å²) >= 11 is 12.2. The number of halogens is 3. The van der Waals surface area contributed by atoms with E-state index in [0.29, 0.717) is 14.6 Å². The molecule has 0 saturated heterocycles. The summed E-state index contributed by atoms with van der Waals surface area (Å²) in [5, 5.41) is 0.142. The number of nitrogens with zero attached hydrogens (tertiary/aromatic N) is 2. The van der Waals surface area contributed by atoms with Crippen LogP contribution in [-0.2, 0) is 10.0 Å². The third kappa shape index (κ3) is 3.85. The molecule has 0 bridgehead atoms. The van der Waals surface area contributed by atoms with Crippen molar-refractivity contribution in [2.24, 2.45) is 0 Å². The topological polar surface area (TPSA) is 98.0 Å². The summed E-state index contributed by atoms with van der Waals surface area (Å²) in [5.41, 5.74) is 6.40. The van der Waals surface area contributed by atoms with Crippen molar-refractivity contribution < 1.29 is 8.42 Å². The van der Waals surface area contributed by atoms with Crippen molar-refractivity contribution in [2.45, 2.75) is 11.8 Å². The Labute approximate surface area is 143 Å². The normalized spacial score (nSPS) is 11.4. The summed E-state index contributed by atoms with van der Waals surface area (Å²) in [6.07, 6.45) is 0. The summed E-state index contributed by atoms with van der Waals surface area (Å²) in [6.45, 7) is 1.68. The van der Waals surface area contributed by atoms with Gasteiger partial charge in [0, 0.05) is 14.6 Å². The van der Waals surface area contributed by atoms with Gasteiger partial charge in [0.25, 0.3) is 10.0 Å². The fourth-order valence-corrected chi connectivity index (χ4v) is 4.86. The molecule has 0 unspecified atom stereocenters. The number of nitrogens with one attached hydrogen (secondary N) is 1. The van der Waals surface area contributed by atoms with E-state index in [2.05, 4.69) is 46.5 Å². The molecule has 112 valence electrons. The van der Waals surface area contributed by atoms with Gasteiger partial charge in [-0.25, -0.2) is 23.1 Å². The van der Waals surface area contributed by atoms with Crippen molar-refractivity contribution in [3.8, 4) is 0 Å². The zero-order valence-electron chi connectivity index (χ0n) is 10.6. The van der Waals surface area contributed by atoms with Crippen LogP contribution in [0.25, 0.3) is 0 Å². The fraction of sp³-hybridized carbons (Fsp3) is 0.0909. The average Bonchev–Trinajstić information content (AvgIpc) is 2.23. The lowest BCUT2D eigenvalue weighted by atomic mass is 10.3. The van der Waals surface area contributed by atoms with Gasteiger partial charge in [-0.1, -0.05) is 27.5 Å². The van der Waals surface area contributed by atoms with Crippen molar-refractivity contribution in [3.63, 3.8) is 0 Å². The minimum Gasteiger partial charge on any atom is -0.398 e. The number of hydrogen-bond donors (Lipinski definition) is 2. The van der Waals surface area contributed by atoms with E-state index in [9.17, 15) is 8.42 Å². The lowest BCUT2D eigenvalue weighted by molar-refractivity contribution is 0.600. The Morgan fingerprint density at radius 2 is 1.90 bits per heavy atom. The fourth-order valence-electron chi connectivity index (χ4n) is 1.61. The second-order valence-corrected chi connectivity index (χ2v) is 7.84. The molecule has 0 aliphatic carbocycles. The van der Waals surface area contributed by atoms with E-state index in [1.165, 1.54) is 12.1 Å². The maximum atomic E-state index is 12.4. The molecule has 0 spiro atoms. The van der Waals surface area contributed by atoms with E-state index >= 15 is 0 Å². The van der Waals surface area contributed by atoms with Gasteiger partial charge in [0.1, 0.15) is 10.0 Å². The Kier molecular flexibility index (Phi) is 4.76. The first-order valence-corrected chi connectivity index (χ1v) is 8.92. The molecule has 6 nitrogen and oxygen atoms in total. The second-order valence-electron chi connectivity index (χ2n) is 4.07. The molecular formula is C11H9Br2ClN4O2S. The Balaban J connectivity index is 2.48. The first kappa shape index (κ1) is 16.5. The highest BCUT2D eigenvalue weighted by molar-refractivity contribution is 9.11. The summed E-state index contributed by atoms with van der Waals surface area (Å²) < 4.78 is 28.1. The minimum absolute atomic E-state index is 0.0856. The third-order valence-electron chi connectivity index (χ3n) is 2.35. The van der Waals surface area contributed by atoms with Gasteiger partial charge in [-0.3, -0.25) is 0 Å². The van der Waals surface area contributed by atoms with Crippen LogP contribution in [0.2, 0.25) is 5.15 Å². The van der Waals surface area contributed by atoms with Gasteiger partial charge in [0.2, 0.25) is 5.95 Å². The van der Waals surface area contributed by atoms with Crippen LogP contribution < -0.4 is 10.5 Å². The molecule has 2 aromatic rings. The number of aromatic nitrogens is 2. The van der Waals surface area contributed by atoms with Crippen LogP contribution in [-0.4, -0.2) is 18.4 Å². The molecular weight excluding hydrogens is 447 g/mol. The number of sulfonamides is 1. The van der Waals surface area contributed by atoms with Crippen LogP contribution in [0.5, 0.6) is 0 Å². The number of hydrogen-bond acceptors (Lipinski definition) is 5. The van der Waals surface area contributed by atoms with Crippen molar-refractivity contribution in [2.75, 3.05) is 10.5 Å². The van der Waals surface area contributed by atoms with Crippen molar-refractivity contribution in [1.82, 2.24) is 9.97 Å². The van der Waals surface area contributed by atoms with Gasteiger partial charge in [-0.15, -0.1) is 0 Å². The molecule has 21 heavy (non-hydrogen) atoms. The molecule has 10 heteroatoms. The standard InChI is InChI=1S/C11H9Br2ClN4O2S/c1-5-2-9(14)17-11(16-5)18-21(19,20)10-7(13)3-6(12)4-8(10)15/h2-4H,15H2,1H3,(H,16,17,18). The molecule has 0 aliphatic rings. The summed E-state index contributed by atoms with van der Waals surface area (Å²) in [5.74, 6) is -0.116. The van der Waals surface area contributed by atoms with Gasteiger partial charge >= 0.3 is 0 Å². The molecule has 2 rings (SSSR count). The van der Waals surface area contributed by atoms with Crippen LogP contribution >= 0.6 is 43.5 Å². The lowest BCUT2D eigenvalue weighted by Gasteiger charge is -2.11. The van der Waals surface area contributed by atoms with Crippen LogP contribution in [0.3, 0.4) is 0 Å². The van der Waals surface area contributed by atoms with Gasteiger partial charge < -0.3 is 5.73 Å². The van der Waals surface area contributed by atoms with Crippen molar-refractivity contribution in [1.29, 1.82) is 0 Å². The zero-order chi connectivity index (χ0) is 15.8. The van der Waals surface area contributed by atoms with Crippen LogP contribution in [0.4, 0.5) is 11.6 Å². The highest BCUT2D eigenvalue weighted by Crippen LogP contribution is 2.32. The summed E-state index contributed by atoms with van der Waals surface area (Å²) in [4.78, 5) is 7.70. The summed E-state index contributed by atoms with van der Waals surface area (Å²) in [7, 11) is -3.95. The SMILES string of the molecule is Cc1cc(Cl)nc(NS(=O)(=O)c2c(N)cc(Br)cc2Br)n1. The predicted molar refractivity (Wildman–Crippen MR) is 88.8 cm³/mol. The first-order chi connectivity index (χ1) is 9.69. The molecule has 0 saturated carbocycles. The molecule has 0 amide bonds. The maximum absolute atomic E-state index is 12.4. The highest BCUT2D eigenvalue weighted by atomic mass is 79.9. The third-order valence-corrected chi connectivity index (χ3v) is 5.34. The monoisotopic (exact) mass is 454 g/mol.